The van der Waals surface area contributed by atoms with Crippen LogP contribution in [0, 0.1) is 13.8 Å². The molecule has 0 aliphatic carbocycles. The second kappa shape index (κ2) is 4.37. The molecular weight excluding hydrogens is 204 g/mol. The molecule has 0 radical (unpaired) electrons. The lowest BCUT2D eigenvalue weighted by molar-refractivity contribution is 0.0432. The molecule has 1 aliphatic rings. The molecule has 1 saturated heterocycles. The Labute approximate surface area is 95.6 Å². The number of hydrogen-bond donors (Lipinski definition) is 0. The lowest BCUT2D eigenvalue weighted by Gasteiger charge is -2.12. The molecule has 0 N–H and O–H groups in total. The van der Waals surface area contributed by atoms with Gasteiger partial charge in [-0.2, -0.15) is 5.10 Å². The normalized spacial score (nSPS) is 24.9. The molecule has 16 heavy (non-hydrogen) atoms. The molecule has 4 nitrogen and oxygen atoms in total. The fourth-order valence-electron chi connectivity index (χ4n) is 2.27. The first kappa shape index (κ1) is 11.3. The average Bonchev–Trinajstić information content (AvgIpc) is 2.74. The lowest BCUT2D eigenvalue weighted by atomic mass is 10.2. The van der Waals surface area contributed by atoms with E-state index in [1.165, 1.54) is 0 Å². The first-order chi connectivity index (χ1) is 7.61. The molecule has 1 aliphatic heterocycles. The van der Waals surface area contributed by atoms with Gasteiger partial charge in [-0.25, -0.2) is 0 Å². The standard InChI is InChI=1S/C12H18N2O2/c1-8-4-5-11(16-8)6-14-10(3)12(7-15)9(2)13-14/h7-8,11H,4-6H2,1-3H3. The summed E-state index contributed by atoms with van der Waals surface area (Å²) in [5, 5.41) is 4.37. The molecule has 0 amide bonds. The van der Waals surface area contributed by atoms with Crippen LogP contribution < -0.4 is 0 Å². The van der Waals surface area contributed by atoms with Gasteiger partial charge in [0, 0.05) is 5.69 Å². The van der Waals surface area contributed by atoms with E-state index >= 15 is 0 Å². The van der Waals surface area contributed by atoms with Crippen LogP contribution in [0.2, 0.25) is 0 Å². The summed E-state index contributed by atoms with van der Waals surface area (Å²) in [6.45, 7) is 6.65. The predicted molar refractivity (Wildman–Crippen MR) is 60.7 cm³/mol. The van der Waals surface area contributed by atoms with Crippen molar-refractivity contribution in [2.24, 2.45) is 0 Å². The SMILES string of the molecule is Cc1nn(CC2CCC(C)O2)c(C)c1C=O. The van der Waals surface area contributed by atoms with Crippen molar-refractivity contribution in [1.29, 1.82) is 0 Å². The number of carbonyl (C=O) groups is 1. The number of hydrogen-bond acceptors (Lipinski definition) is 3. The van der Waals surface area contributed by atoms with Crippen molar-refractivity contribution in [2.75, 3.05) is 0 Å². The van der Waals surface area contributed by atoms with Crippen molar-refractivity contribution in [3.05, 3.63) is 17.0 Å². The summed E-state index contributed by atoms with van der Waals surface area (Å²) in [7, 11) is 0. The molecule has 1 fully saturated rings. The number of aromatic nitrogens is 2. The average molecular weight is 222 g/mol. The second-order valence-corrected chi connectivity index (χ2v) is 4.53. The molecule has 4 heteroatoms. The van der Waals surface area contributed by atoms with Crippen LogP contribution in [0.3, 0.4) is 0 Å². The molecule has 0 aromatic carbocycles. The van der Waals surface area contributed by atoms with Crippen molar-refractivity contribution < 1.29 is 9.53 Å². The van der Waals surface area contributed by atoms with E-state index in [0.29, 0.717) is 11.7 Å². The monoisotopic (exact) mass is 222 g/mol. The molecule has 2 unspecified atom stereocenters. The number of aryl methyl sites for hydroxylation is 1. The zero-order valence-corrected chi connectivity index (χ0v) is 10.1. The maximum absolute atomic E-state index is 10.9. The summed E-state index contributed by atoms with van der Waals surface area (Å²) in [6.07, 6.45) is 3.67. The Morgan fingerprint density at radius 3 is 2.75 bits per heavy atom. The molecule has 0 bridgehead atoms. The van der Waals surface area contributed by atoms with Crippen LogP contribution in [-0.4, -0.2) is 28.3 Å². The summed E-state index contributed by atoms with van der Waals surface area (Å²) in [5.41, 5.74) is 2.46. The maximum atomic E-state index is 10.9. The lowest BCUT2D eigenvalue weighted by Crippen LogP contribution is -2.18. The third kappa shape index (κ3) is 2.02. The summed E-state index contributed by atoms with van der Waals surface area (Å²) in [5.74, 6) is 0. The molecule has 1 aromatic heterocycles. The Bertz CT molecular complexity index is 398. The number of nitrogens with zero attached hydrogens (tertiary/aromatic N) is 2. The van der Waals surface area contributed by atoms with Crippen LogP contribution in [-0.2, 0) is 11.3 Å². The van der Waals surface area contributed by atoms with E-state index in [0.717, 1.165) is 37.1 Å². The molecular formula is C12H18N2O2. The van der Waals surface area contributed by atoms with Gasteiger partial charge in [0.2, 0.25) is 0 Å². The highest BCUT2D eigenvalue weighted by Gasteiger charge is 2.23. The Morgan fingerprint density at radius 2 is 2.25 bits per heavy atom. The van der Waals surface area contributed by atoms with E-state index in [9.17, 15) is 4.79 Å². The molecule has 2 heterocycles. The fourth-order valence-corrected chi connectivity index (χ4v) is 2.27. The van der Waals surface area contributed by atoms with Crippen LogP contribution in [0.4, 0.5) is 0 Å². The number of aldehydes is 1. The highest BCUT2D eigenvalue weighted by atomic mass is 16.5. The van der Waals surface area contributed by atoms with Gasteiger partial charge < -0.3 is 4.74 Å². The molecule has 88 valence electrons. The van der Waals surface area contributed by atoms with Crippen molar-refractivity contribution in [3.8, 4) is 0 Å². The third-order valence-corrected chi connectivity index (χ3v) is 3.25. The van der Waals surface area contributed by atoms with E-state index in [-0.39, 0.29) is 6.10 Å². The van der Waals surface area contributed by atoms with Gasteiger partial charge in [0.25, 0.3) is 0 Å². The van der Waals surface area contributed by atoms with Crippen LogP contribution in [0.5, 0.6) is 0 Å². The van der Waals surface area contributed by atoms with Gasteiger partial charge in [-0.15, -0.1) is 0 Å². The van der Waals surface area contributed by atoms with Gasteiger partial charge in [0.15, 0.2) is 6.29 Å². The van der Waals surface area contributed by atoms with Gasteiger partial charge >= 0.3 is 0 Å². The first-order valence-electron chi connectivity index (χ1n) is 5.76. The zero-order chi connectivity index (χ0) is 11.7. The third-order valence-electron chi connectivity index (χ3n) is 3.25. The minimum absolute atomic E-state index is 0.243. The predicted octanol–water partition coefficient (Wildman–Crippen LogP) is 1.88. The molecule has 0 spiro atoms. The van der Waals surface area contributed by atoms with Crippen LogP contribution in [0.15, 0.2) is 0 Å². The fraction of sp³-hybridized carbons (Fsp3) is 0.667. The smallest absolute Gasteiger partial charge is 0.153 e. The van der Waals surface area contributed by atoms with Gasteiger partial charge in [-0.1, -0.05) is 0 Å². The zero-order valence-electron chi connectivity index (χ0n) is 10.1. The first-order valence-corrected chi connectivity index (χ1v) is 5.76. The van der Waals surface area contributed by atoms with E-state index in [4.69, 9.17) is 4.74 Å². The van der Waals surface area contributed by atoms with Crippen molar-refractivity contribution in [2.45, 2.75) is 52.4 Å². The van der Waals surface area contributed by atoms with Crippen LogP contribution >= 0.6 is 0 Å². The van der Waals surface area contributed by atoms with E-state index in [2.05, 4.69) is 12.0 Å². The summed E-state index contributed by atoms with van der Waals surface area (Å²) in [6, 6.07) is 0. The summed E-state index contributed by atoms with van der Waals surface area (Å²) >= 11 is 0. The number of carbonyl (C=O) groups excluding carboxylic acids is 1. The number of rotatable bonds is 3. The highest BCUT2D eigenvalue weighted by molar-refractivity contribution is 5.77. The molecule has 2 atom stereocenters. The summed E-state index contributed by atoms with van der Waals surface area (Å²) in [4.78, 5) is 10.9. The van der Waals surface area contributed by atoms with E-state index < -0.39 is 0 Å². The largest absolute Gasteiger partial charge is 0.373 e. The van der Waals surface area contributed by atoms with E-state index in [1.807, 2.05) is 18.5 Å². The Balaban J connectivity index is 2.13. The van der Waals surface area contributed by atoms with Crippen LogP contribution in [0.1, 0.15) is 41.5 Å². The van der Waals surface area contributed by atoms with E-state index in [1.54, 1.807) is 0 Å². The second-order valence-electron chi connectivity index (χ2n) is 4.53. The van der Waals surface area contributed by atoms with Gasteiger partial charge in [0.1, 0.15) is 0 Å². The topological polar surface area (TPSA) is 44.1 Å². The highest BCUT2D eigenvalue weighted by Crippen LogP contribution is 2.21. The van der Waals surface area contributed by atoms with Gasteiger partial charge in [-0.3, -0.25) is 9.48 Å². The Kier molecular flexibility index (Phi) is 3.10. The maximum Gasteiger partial charge on any atom is 0.153 e. The molecule has 1 aromatic rings. The number of ether oxygens (including phenoxy) is 1. The minimum atomic E-state index is 0.243. The molecule has 0 saturated carbocycles. The van der Waals surface area contributed by atoms with Crippen molar-refractivity contribution in [3.63, 3.8) is 0 Å². The van der Waals surface area contributed by atoms with Crippen molar-refractivity contribution >= 4 is 6.29 Å². The van der Waals surface area contributed by atoms with Gasteiger partial charge in [0.05, 0.1) is 30.0 Å². The Morgan fingerprint density at radius 1 is 1.50 bits per heavy atom. The Hall–Kier alpha value is -1.16. The van der Waals surface area contributed by atoms with Crippen LogP contribution in [0.25, 0.3) is 0 Å². The minimum Gasteiger partial charge on any atom is -0.373 e. The quantitative estimate of drug-likeness (QED) is 0.733. The summed E-state index contributed by atoms with van der Waals surface area (Å²) < 4.78 is 7.64. The van der Waals surface area contributed by atoms with Gasteiger partial charge in [-0.05, 0) is 33.6 Å². The molecule has 2 rings (SSSR count). The van der Waals surface area contributed by atoms with Crippen molar-refractivity contribution in [1.82, 2.24) is 9.78 Å².